The maximum absolute atomic E-state index is 11.5. The van der Waals surface area contributed by atoms with Crippen LogP contribution in [-0.2, 0) is 11.2 Å². The predicted molar refractivity (Wildman–Crippen MR) is 63.1 cm³/mol. The Bertz CT molecular complexity index is 418. The molecule has 0 bridgehead atoms. The molecular formula is C13H15NO2. The van der Waals surface area contributed by atoms with Crippen molar-refractivity contribution in [1.29, 1.82) is 0 Å². The molecule has 0 saturated carbocycles. The summed E-state index contributed by atoms with van der Waals surface area (Å²) in [4.78, 5) is 11.5. The summed E-state index contributed by atoms with van der Waals surface area (Å²) in [5, 5.41) is 0. The van der Waals surface area contributed by atoms with Gasteiger partial charge in [0, 0.05) is 5.56 Å². The molecule has 0 atom stereocenters. The van der Waals surface area contributed by atoms with Crippen LogP contribution in [0.2, 0.25) is 0 Å². The zero-order chi connectivity index (χ0) is 12.0. The minimum absolute atomic E-state index is 0.357. The van der Waals surface area contributed by atoms with Crippen molar-refractivity contribution in [2.75, 3.05) is 13.7 Å². The Morgan fingerprint density at radius 3 is 2.88 bits per heavy atom. The summed E-state index contributed by atoms with van der Waals surface area (Å²) in [5.74, 6) is 2.22. The van der Waals surface area contributed by atoms with E-state index >= 15 is 0 Å². The van der Waals surface area contributed by atoms with E-state index in [1.807, 2.05) is 6.07 Å². The quantitative estimate of drug-likeness (QED) is 0.611. The SMILES string of the molecule is C#Cc1cccc(C(=O)OC)c1CCCN. The van der Waals surface area contributed by atoms with Crippen LogP contribution < -0.4 is 5.73 Å². The fraction of sp³-hybridized carbons (Fsp3) is 0.308. The molecule has 1 rings (SSSR count). The van der Waals surface area contributed by atoms with Crippen LogP contribution in [-0.4, -0.2) is 19.6 Å². The molecule has 0 aliphatic heterocycles. The van der Waals surface area contributed by atoms with Crippen LogP contribution in [0, 0.1) is 12.3 Å². The van der Waals surface area contributed by atoms with Gasteiger partial charge in [-0.15, -0.1) is 6.42 Å². The summed E-state index contributed by atoms with van der Waals surface area (Å²) in [6.07, 6.45) is 6.89. The van der Waals surface area contributed by atoms with Crippen LogP contribution in [0.1, 0.15) is 27.9 Å². The Balaban J connectivity index is 3.16. The fourth-order valence-electron chi connectivity index (χ4n) is 1.57. The summed E-state index contributed by atoms with van der Waals surface area (Å²) in [6.45, 7) is 0.569. The average Bonchev–Trinajstić information content (AvgIpc) is 2.34. The third kappa shape index (κ3) is 2.62. The number of ether oxygens (including phenoxy) is 1. The van der Waals surface area contributed by atoms with Gasteiger partial charge >= 0.3 is 5.97 Å². The molecule has 0 amide bonds. The van der Waals surface area contributed by atoms with Gasteiger partial charge in [0.2, 0.25) is 0 Å². The number of rotatable bonds is 4. The molecule has 1 aromatic rings. The highest BCUT2D eigenvalue weighted by atomic mass is 16.5. The van der Waals surface area contributed by atoms with Crippen molar-refractivity contribution >= 4 is 5.97 Å². The van der Waals surface area contributed by atoms with E-state index in [0.717, 1.165) is 17.5 Å². The van der Waals surface area contributed by atoms with Crippen LogP contribution in [0.3, 0.4) is 0 Å². The summed E-state index contributed by atoms with van der Waals surface area (Å²) in [7, 11) is 1.36. The lowest BCUT2D eigenvalue weighted by Gasteiger charge is -2.09. The van der Waals surface area contributed by atoms with Crippen LogP contribution in [0.4, 0.5) is 0 Å². The maximum atomic E-state index is 11.5. The molecule has 0 radical (unpaired) electrons. The molecule has 1 aromatic carbocycles. The lowest BCUT2D eigenvalue weighted by atomic mass is 9.97. The number of hydrogen-bond acceptors (Lipinski definition) is 3. The van der Waals surface area contributed by atoms with E-state index in [0.29, 0.717) is 18.5 Å². The van der Waals surface area contributed by atoms with E-state index in [1.165, 1.54) is 7.11 Å². The first kappa shape index (κ1) is 12.3. The molecule has 0 fully saturated rings. The first-order valence-electron chi connectivity index (χ1n) is 5.11. The number of methoxy groups -OCH3 is 1. The van der Waals surface area contributed by atoms with Crippen LogP contribution in [0.15, 0.2) is 18.2 Å². The normalized spacial score (nSPS) is 9.56. The third-order valence-electron chi connectivity index (χ3n) is 2.37. The summed E-state index contributed by atoms with van der Waals surface area (Å²) in [5.41, 5.74) is 7.57. The minimum Gasteiger partial charge on any atom is -0.465 e. The fourth-order valence-corrected chi connectivity index (χ4v) is 1.57. The predicted octanol–water partition coefficient (Wildman–Crippen LogP) is 1.35. The van der Waals surface area contributed by atoms with Crippen molar-refractivity contribution in [3.8, 4) is 12.3 Å². The first-order chi connectivity index (χ1) is 7.74. The molecule has 3 heteroatoms. The largest absolute Gasteiger partial charge is 0.465 e. The zero-order valence-electron chi connectivity index (χ0n) is 9.32. The van der Waals surface area contributed by atoms with Crippen molar-refractivity contribution in [3.63, 3.8) is 0 Å². The average molecular weight is 217 g/mol. The minimum atomic E-state index is -0.357. The highest BCUT2D eigenvalue weighted by molar-refractivity contribution is 5.91. The summed E-state index contributed by atoms with van der Waals surface area (Å²) < 4.78 is 4.72. The molecular weight excluding hydrogens is 202 g/mol. The Morgan fingerprint density at radius 1 is 1.56 bits per heavy atom. The van der Waals surface area contributed by atoms with Crippen LogP contribution in [0.5, 0.6) is 0 Å². The van der Waals surface area contributed by atoms with E-state index in [4.69, 9.17) is 16.9 Å². The van der Waals surface area contributed by atoms with Crippen LogP contribution >= 0.6 is 0 Å². The van der Waals surface area contributed by atoms with Crippen molar-refractivity contribution in [2.45, 2.75) is 12.8 Å². The molecule has 2 N–H and O–H groups in total. The van der Waals surface area contributed by atoms with Gasteiger partial charge in [-0.25, -0.2) is 4.79 Å². The Labute approximate surface area is 95.6 Å². The monoisotopic (exact) mass is 217 g/mol. The second-order valence-electron chi connectivity index (χ2n) is 3.36. The number of esters is 1. The molecule has 0 aliphatic carbocycles. The second kappa shape index (κ2) is 5.94. The molecule has 0 aliphatic rings. The summed E-state index contributed by atoms with van der Waals surface area (Å²) >= 11 is 0. The number of hydrogen-bond donors (Lipinski definition) is 1. The lowest BCUT2D eigenvalue weighted by Crippen LogP contribution is -2.09. The van der Waals surface area contributed by atoms with Gasteiger partial charge < -0.3 is 10.5 Å². The van der Waals surface area contributed by atoms with Gasteiger partial charge in [-0.05, 0) is 37.1 Å². The molecule has 0 aromatic heterocycles. The highest BCUT2D eigenvalue weighted by Gasteiger charge is 2.13. The van der Waals surface area contributed by atoms with E-state index < -0.39 is 0 Å². The second-order valence-corrected chi connectivity index (χ2v) is 3.36. The van der Waals surface area contributed by atoms with E-state index in [2.05, 4.69) is 5.92 Å². The molecule has 0 saturated heterocycles. The van der Waals surface area contributed by atoms with Gasteiger partial charge in [-0.1, -0.05) is 12.0 Å². The van der Waals surface area contributed by atoms with E-state index in [-0.39, 0.29) is 5.97 Å². The van der Waals surface area contributed by atoms with Gasteiger partial charge in [0.1, 0.15) is 0 Å². The lowest BCUT2D eigenvalue weighted by molar-refractivity contribution is 0.0599. The van der Waals surface area contributed by atoms with E-state index in [9.17, 15) is 4.79 Å². The smallest absolute Gasteiger partial charge is 0.338 e. The van der Waals surface area contributed by atoms with E-state index in [1.54, 1.807) is 12.1 Å². The molecule has 3 nitrogen and oxygen atoms in total. The number of carbonyl (C=O) groups excluding carboxylic acids is 1. The number of benzene rings is 1. The topological polar surface area (TPSA) is 52.3 Å². The molecule has 0 unspecified atom stereocenters. The first-order valence-corrected chi connectivity index (χ1v) is 5.11. The van der Waals surface area contributed by atoms with Gasteiger partial charge in [0.15, 0.2) is 0 Å². The maximum Gasteiger partial charge on any atom is 0.338 e. The molecule has 84 valence electrons. The van der Waals surface area contributed by atoms with Crippen molar-refractivity contribution in [3.05, 3.63) is 34.9 Å². The number of nitrogens with two attached hydrogens (primary N) is 1. The zero-order valence-corrected chi connectivity index (χ0v) is 9.32. The van der Waals surface area contributed by atoms with Gasteiger partial charge in [-0.2, -0.15) is 0 Å². The third-order valence-corrected chi connectivity index (χ3v) is 2.37. The number of carbonyl (C=O) groups is 1. The van der Waals surface area contributed by atoms with Crippen molar-refractivity contribution in [2.24, 2.45) is 5.73 Å². The van der Waals surface area contributed by atoms with Gasteiger partial charge in [0.25, 0.3) is 0 Å². The highest BCUT2D eigenvalue weighted by Crippen LogP contribution is 2.17. The van der Waals surface area contributed by atoms with Crippen molar-refractivity contribution in [1.82, 2.24) is 0 Å². The van der Waals surface area contributed by atoms with Crippen molar-refractivity contribution < 1.29 is 9.53 Å². The summed E-state index contributed by atoms with van der Waals surface area (Å²) in [6, 6.07) is 5.30. The van der Waals surface area contributed by atoms with Gasteiger partial charge in [0.05, 0.1) is 12.7 Å². The van der Waals surface area contributed by atoms with Crippen LogP contribution in [0.25, 0.3) is 0 Å². The standard InChI is InChI=1S/C13H15NO2/c1-3-10-6-4-7-12(13(15)16-2)11(10)8-5-9-14/h1,4,6-7H,5,8-9,14H2,2H3. The number of terminal acetylenes is 1. The molecule has 0 spiro atoms. The molecule has 0 heterocycles. The Morgan fingerprint density at radius 2 is 2.31 bits per heavy atom. The van der Waals surface area contributed by atoms with Gasteiger partial charge in [-0.3, -0.25) is 0 Å². The molecule has 16 heavy (non-hydrogen) atoms. The Kier molecular flexibility index (Phi) is 4.56. The Hall–Kier alpha value is -1.79.